The summed E-state index contributed by atoms with van der Waals surface area (Å²) in [4.78, 5) is 46.1. The molecule has 0 bridgehead atoms. The van der Waals surface area contributed by atoms with Crippen LogP contribution in [0.25, 0.3) is 10.2 Å². The summed E-state index contributed by atoms with van der Waals surface area (Å²) in [6.07, 6.45) is 6.01. The number of rotatable bonds is 5. The molecule has 1 aromatic carbocycles. The minimum Gasteiger partial charge on any atom is -0.482 e. The molecule has 5 rings (SSSR count). The minimum absolute atomic E-state index is 0.0415. The lowest BCUT2D eigenvalue weighted by Gasteiger charge is -2.28. The zero-order valence-electron chi connectivity index (χ0n) is 16.2. The van der Waals surface area contributed by atoms with E-state index in [-0.39, 0.29) is 30.4 Å². The van der Waals surface area contributed by atoms with Gasteiger partial charge >= 0.3 is 0 Å². The van der Waals surface area contributed by atoms with Crippen LogP contribution in [0.1, 0.15) is 27.2 Å². The van der Waals surface area contributed by atoms with Crippen molar-refractivity contribution < 1.29 is 14.3 Å². The lowest BCUT2D eigenvalue weighted by molar-refractivity contribution is -0.121. The van der Waals surface area contributed by atoms with Gasteiger partial charge in [-0.15, -0.1) is 17.9 Å². The molecular formula is C22H19N3O4S. The molecule has 8 heteroatoms. The molecule has 2 aromatic heterocycles. The fraction of sp³-hybridized carbons (Fsp3) is 0.273. The van der Waals surface area contributed by atoms with Crippen LogP contribution in [0.5, 0.6) is 5.75 Å². The number of hydrogen-bond donors (Lipinski definition) is 0. The third kappa shape index (κ3) is 2.95. The molecule has 0 N–H and O–H groups in total. The van der Waals surface area contributed by atoms with Crippen molar-refractivity contribution in [1.29, 1.82) is 0 Å². The summed E-state index contributed by atoms with van der Waals surface area (Å²) >= 11 is 1.58. The lowest BCUT2D eigenvalue weighted by atomic mass is 10.1. The number of amides is 1. The fourth-order valence-electron chi connectivity index (χ4n) is 4.08. The van der Waals surface area contributed by atoms with Crippen molar-refractivity contribution >= 4 is 38.9 Å². The zero-order valence-corrected chi connectivity index (χ0v) is 17.0. The standard InChI is InChI=1S/C22H19N3O4S/c1-2-8-25-15-9-13(6-7-17(15)29-11-19(25)27)16(26)10-24-12-23-21-20(22(24)28)14-4-3-5-18(14)30-21/h2,6-7,9,12H,1,3-5,8,10-11H2. The van der Waals surface area contributed by atoms with Crippen LogP contribution < -0.4 is 15.2 Å². The molecule has 152 valence electrons. The van der Waals surface area contributed by atoms with Crippen LogP contribution in [0.4, 0.5) is 5.69 Å². The van der Waals surface area contributed by atoms with Crippen molar-refractivity contribution in [2.45, 2.75) is 25.8 Å². The highest BCUT2D eigenvalue weighted by atomic mass is 32.1. The number of aryl methyl sites for hydroxylation is 2. The Labute approximate surface area is 176 Å². The summed E-state index contributed by atoms with van der Waals surface area (Å²) in [7, 11) is 0. The molecule has 0 atom stereocenters. The van der Waals surface area contributed by atoms with Crippen molar-refractivity contribution in [3.05, 3.63) is 63.5 Å². The first-order valence-corrected chi connectivity index (χ1v) is 10.6. The van der Waals surface area contributed by atoms with E-state index in [2.05, 4.69) is 11.6 Å². The number of carbonyl (C=O) groups excluding carboxylic acids is 2. The number of ketones is 1. The van der Waals surface area contributed by atoms with Gasteiger partial charge in [0, 0.05) is 17.0 Å². The number of aromatic nitrogens is 2. The summed E-state index contributed by atoms with van der Waals surface area (Å²) in [5, 5.41) is 0.657. The van der Waals surface area contributed by atoms with Crippen LogP contribution in [0, 0.1) is 0 Å². The number of fused-ring (bicyclic) bond motifs is 4. The van der Waals surface area contributed by atoms with E-state index in [1.165, 1.54) is 20.7 Å². The van der Waals surface area contributed by atoms with E-state index in [0.29, 0.717) is 28.9 Å². The number of carbonyl (C=O) groups is 2. The normalized spacial score (nSPS) is 15.1. The molecule has 3 heterocycles. The Morgan fingerprint density at radius 3 is 3.00 bits per heavy atom. The molecule has 2 aliphatic rings. The van der Waals surface area contributed by atoms with Crippen molar-refractivity contribution in [3.63, 3.8) is 0 Å². The van der Waals surface area contributed by atoms with Crippen LogP contribution in [0.15, 0.2) is 42.0 Å². The van der Waals surface area contributed by atoms with Gasteiger partial charge in [0.1, 0.15) is 10.6 Å². The fourth-order valence-corrected chi connectivity index (χ4v) is 5.30. The molecule has 1 aliphatic heterocycles. The summed E-state index contributed by atoms with van der Waals surface area (Å²) < 4.78 is 6.84. The Hall–Kier alpha value is -3.26. The van der Waals surface area contributed by atoms with E-state index < -0.39 is 0 Å². The van der Waals surface area contributed by atoms with Crippen LogP contribution in [-0.4, -0.2) is 34.4 Å². The molecule has 1 aliphatic carbocycles. The molecule has 30 heavy (non-hydrogen) atoms. The third-order valence-electron chi connectivity index (χ3n) is 5.54. The van der Waals surface area contributed by atoms with Gasteiger partial charge < -0.3 is 9.64 Å². The maximum Gasteiger partial charge on any atom is 0.265 e. The number of ether oxygens (including phenoxy) is 1. The van der Waals surface area contributed by atoms with E-state index in [9.17, 15) is 14.4 Å². The number of benzene rings is 1. The second-order valence-electron chi connectivity index (χ2n) is 7.40. The monoisotopic (exact) mass is 421 g/mol. The Morgan fingerprint density at radius 1 is 1.30 bits per heavy atom. The zero-order chi connectivity index (χ0) is 20.8. The molecule has 0 saturated carbocycles. The van der Waals surface area contributed by atoms with Crippen molar-refractivity contribution in [2.24, 2.45) is 0 Å². The first-order chi connectivity index (χ1) is 14.6. The Balaban J connectivity index is 1.48. The smallest absolute Gasteiger partial charge is 0.265 e. The van der Waals surface area contributed by atoms with E-state index in [1.807, 2.05) is 0 Å². The second kappa shape index (κ2) is 7.21. The predicted octanol–water partition coefficient (Wildman–Crippen LogP) is 2.74. The largest absolute Gasteiger partial charge is 0.482 e. The molecule has 0 saturated heterocycles. The quantitative estimate of drug-likeness (QED) is 0.467. The summed E-state index contributed by atoms with van der Waals surface area (Å²) in [5.41, 5.74) is 1.87. The highest BCUT2D eigenvalue weighted by Crippen LogP contribution is 2.35. The lowest BCUT2D eigenvalue weighted by Crippen LogP contribution is -2.39. The first kappa shape index (κ1) is 18.7. The average molecular weight is 421 g/mol. The Morgan fingerprint density at radius 2 is 2.17 bits per heavy atom. The number of anilines is 1. The molecule has 1 amide bonds. The van der Waals surface area contributed by atoms with Gasteiger partial charge in [0.05, 0.1) is 23.9 Å². The van der Waals surface area contributed by atoms with Crippen LogP contribution >= 0.6 is 11.3 Å². The molecule has 0 radical (unpaired) electrons. The summed E-state index contributed by atoms with van der Waals surface area (Å²) in [5.74, 6) is 0.121. The number of hydrogen-bond acceptors (Lipinski definition) is 6. The highest BCUT2D eigenvalue weighted by Gasteiger charge is 2.26. The molecule has 0 fully saturated rings. The van der Waals surface area contributed by atoms with Gasteiger partial charge in [-0.3, -0.25) is 19.0 Å². The third-order valence-corrected chi connectivity index (χ3v) is 6.74. The van der Waals surface area contributed by atoms with Gasteiger partial charge in [-0.2, -0.15) is 0 Å². The van der Waals surface area contributed by atoms with Gasteiger partial charge in [-0.05, 0) is 43.0 Å². The van der Waals surface area contributed by atoms with E-state index >= 15 is 0 Å². The van der Waals surface area contributed by atoms with Gasteiger partial charge in [-0.1, -0.05) is 6.08 Å². The number of Topliss-reactive ketones (excluding diaryl/α,β-unsaturated/α-hetero) is 1. The molecule has 7 nitrogen and oxygen atoms in total. The van der Waals surface area contributed by atoms with Gasteiger partial charge in [0.25, 0.3) is 11.5 Å². The van der Waals surface area contributed by atoms with E-state index in [4.69, 9.17) is 4.74 Å². The maximum atomic E-state index is 13.0. The maximum absolute atomic E-state index is 13.0. The van der Waals surface area contributed by atoms with Crippen LogP contribution in [-0.2, 0) is 24.2 Å². The van der Waals surface area contributed by atoms with Crippen molar-refractivity contribution in [1.82, 2.24) is 9.55 Å². The summed E-state index contributed by atoms with van der Waals surface area (Å²) in [6, 6.07) is 4.97. The van der Waals surface area contributed by atoms with Crippen molar-refractivity contribution in [3.8, 4) is 5.75 Å². The molecule has 0 unspecified atom stereocenters. The van der Waals surface area contributed by atoms with Gasteiger partial charge in [0.2, 0.25) is 0 Å². The SMILES string of the molecule is C=CCN1C(=O)COc2ccc(C(=O)Cn3cnc4sc5c(c4c3=O)CCC5)cc21. The number of nitrogens with zero attached hydrogens (tertiary/aromatic N) is 3. The first-order valence-electron chi connectivity index (χ1n) is 9.78. The van der Waals surface area contributed by atoms with Gasteiger partial charge in [-0.25, -0.2) is 4.98 Å². The highest BCUT2D eigenvalue weighted by molar-refractivity contribution is 7.18. The Bertz CT molecular complexity index is 1270. The van der Waals surface area contributed by atoms with Gasteiger partial charge in [0.15, 0.2) is 12.4 Å². The Kier molecular flexibility index (Phi) is 4.51. The van der Waals surface area contributed by atoms with Crippen LogP contribution in [0.2, 0.25) is 0 Å². The molecular weight excluding hydrogens is 402 g/mol. The van der Waals surface area contributed by atoms with Crippen LogP contribution in [0.3, 0.4) is 0 Å². The molecule has 3 aromatic rings. The predicted molar refractivity (Wildman–Crippen MR) is 115 cm³/mol. The topological polar surface area (TPSA) is 81.5 Å². The molecule has 0 spiro atoms. The average Bonchev–Trinajstić information content (AvgIpc) is 3.33. The van der Waals surface area contributed by atoms with E-state index in [1.54, 1.807) is 35.6 Å². The van der Waals surface area contributed by atoms with Crippen molar-refractivity contribution in [2.75, 3.05) is 18.1 Å². The summed E-state index contributed by atoms with van der Waals surface area (Å²) in [6.45, 7) is 3.86. The second-order valence-corrected chi connectivity index (χ2v) is 8.49. The van der Waals surface area contributed by atoms with E-state index in [0.717, 1.165) is 29.7 Å². The minimum atomic E-state index is -0.232. The number of thiophene rings is 1.